The van der Waals surface area contributed by atoms with E-state index in [-0.39, 0.29) is 0 Å². The number of likely N-dealkylation sites (tertiary alicyclic amines) is 1. The van der Waals surface area contributed by atoms with Crippen LogP contribution in [0.2, 0.25) is 0 Å². The molecule has 1 unspecified atom stereocenters. The molecule has 0 saturated carbocycles. The first-order valence-corrected chi connectivity index (χ1v) is 7.87. The third-order valence-corrected chi connectivity index (χ3v) is 4.30. The van der Waals surface area contributed by atoms with Crippen LogP contribution in [-0.2, 0) is 13.6 Å². The van der Waals surface area contributed by atoms with Crippen molar-refractivity contribution in [3.63, 3.8) is 0 Å². The van der Waals surface area contributed by atoms with Gasteiger partial charge in [0.1, 0.15) is 0 Å². The molecule has 0 amide bonds. The second kappa shape index (κ2) is 6.12. The Balaban J connectivity index is 1.60. The molecule has 2 aromatic heterocycles. The van der Waals surface area contributed by atoms with Gasteiger partial charge in [-0.2, -0.15) is 5.10 Å². The second-order valence-corrected chi connectivity index (χ2v) is 6.21. The lowest BCUT2D eigenvalue weighted by molar-refractivity contribution is 0.298. The van der Waals surface area contributed by atoms with Crippen LogP contribution in [0.1, 0.15) is 31.0 Å². The van der Waals surface area contributed by atoms with E-state index in [4.69, 9.17) is 0 Å². The molecule has 1 saturated heterocycles. The molecule has 5 nitrogen and oxygen atoms in total. The highest BCUT2D eigenvalue weighted by molar-refractivity contribution is 5.78. The predicted octanol–water partition coefficient (Wildman–Crippen LogP) is 1.85. The zero-order chi connectivity index (χ0) is 14.8. The molecule has 0 bridgehead atoms. The van der Waals surface area contributed by atoms with Gasteiger partial charge in [0.2, 0.25) is 0 Å². The smallest absolute Gasteiger partial charge is 0.157 e. The van der Waals surface area contributed by atoms with Gasteiger partial charge in [-0.15, -0.1) is 0 Å². The Labute approximate surface area is 126 Å². The van der Waals surface area contributed by atoms with E-state index in [2.05, 4.69) is 33.3 Å². The van der Waals surface area contributed by atoms with Crippen molar-refractivity contribution in [2.24, 2.45) is 7.05 Å². The summed E-state index contributed by atoms with van der Waals surface area (Å²) in [6.07, 6.45) is 4.67. The minimum absolute atomic E-state index is 0.508. The molecule has 1 aliphatic rings. The Hall–Kier alpha value is -1.46. The van der Waals surface area contributed by atoms with E-state index < -0.39 is 0 Å². The quantitative estimate of drug-likeness (QED) is 0.911. The van der Waals surface area contributed by atoms with Crippen molar-refractivity contribution in [2.75, 3.05) is 19.6 Å². The average Bonchev–Trinajstić information content (AvgIpc) is 3.06. The Morgan fingerprint density at radius 1 is 1.33 bits per heavy atom. The zero-order valence-corrected chi connectivity index (χ0v) is 13.3. The standard InChI is InChI=1S/C16H25N5/c1-12(11-21-6-4-5-7-21)17-9-14-8-15-13(2)19-20(3)16(15)18-10-14/h8,10,12,17H,4-7,9,11H2,1-3H3. The first-order chi connectivity index (χ1) is 10.1. The van der Waals surface area contributed by atoms with Gasteiger partial charge in [0.05, 0.1) is 5.69 Å². The SMILES string of the molecule is Cc1nn(C)c2ncc(CNC(C)CN3CCCC3)cc12. The molecule has 0 aliphatic carbocycles. The topological polar surface area (TPSA) is 46.0 Å². The molecule has 3 heterocycles. The molecule has 0 aromatic carbocycles. The number of hydrogen-bond acceptors (Lipinski definition) is 4. The molecule has 114 valence electrons. The molecule has 1 aliphatic heterocycles. The van der Waals surface area contributed by atoms with Crippen LogP contribution in [0.3, 0.4) is 0 Å². The molecule has 1 fully saturated rings. The minimum Gasteiger partial charge on any atom is -0.309 e. The van der Waals surface area contributed by atoms with Crippen molar-refractivity contribution in [1.82, 2.24) is 25.0 Å². The van der Waals surface area contributed by atoms with E-state index in [9.17, 15) is 0 Å². The number of hydrogen-bond donors (Lipinski definition) is 1. The lowest BCUT2D eigenvalue weighted by atomic mass is 10.2. The average molecular weight is 287 g/mol. The van der Waals surface area contributed by atoms with Gasteiger partial charge in [0.15, 0.2) is 5.65 Å². The van der Waals surface area contributed by atoms with E-state index in [1.165, 1.54) is 31.5 Å². The van der Waals surface area contributed by atoms with Crippen LogP contribution in [0.4, 0.5) is 0 Å². The number of nitrogens with zero attached hydrogens (tertiary/aromatic N) is 4. The van der Waals surface area contributed by atoms with Crippen LogP contribution in [0.5, 0.6) is 0 Å². The Bertz CT molecular complexity index is 612. The van der Waals surface area contributed by atoms with Crippen molar-refractivity contribution in [2.45, 2.75) is 39.3 Å². The number of pyridine rings is 1. The van der Waals surface area contributed by atoms with Crippen LogP contribution in [0, 0.1) is 6.92 Å². The third-order valence-electron chi connectivity index (χ3n) is 4.30. The van der Waals surface area contributed by atoms with Crippen LogP contribution < -0.4 is 5.32 Å². The predicted molar refractivity (Wildman–Crippen MR) is 85.2 cm³/mol. The number of aryl methyl sites for hydroxylation is 2. The third kappa shape index (κ3) is 3.24. The normalized spacial score (nSPS) is 17.7. The van der Waals surface area contributed by atoms with Crippen molar-refractivity contribution in [1.29, 1.82) is 0 Å². The summed E-state index contributed by atoms with van der Waals surface area (Å²) in [4.78, 5) is 7.08. The lowest BCUT2D eigenvalue weighted by Gasteiger charge is -2.21. The van der Waals surface area contributed by atoms with Crippen LogP contribution >= 0.6 is 0 Å². The van der Waals surface area contributed by atoms with E-state index in [1.807, 2.05) is 24.9 Å². The summed E-state index contributed by atoms with van der Waals surface area (Å²) in [6, 6.07) is 2.72. The lowest BCUT2D eigenvalue weighted by Crippen LogP contribution is -2.37. The molecule has 0 radical (unpaired) electrons. The minimum atomic E-state index is 0.508. The van der Waals surface area contributed by atoms with Gasteiger partial charge >= 0.3 is 0 Å². The van der Waals surface area contributed by atoms with Gasteiger partial charge in [-0.3, -0.25) is 4.68 Å². The molecule has 5 heteroatoms. The summed E-state index contributed by atoms with van der Waals surface area (Å²) in [6.45, 7) is 8.83. The highest BCUT2D eigenvalue weighted by Gasteiger charge is 2.14. The fourth-order valence-electron chi connectivity index (χ4n) is 3.16. The van der Waals surface area contributed by atoms with Gasteiger partial charge < -0.3 is 10.2 Å². The molecular formula is C16H25N5. The van der Waals surface area contributed by atoms with Crippen LogP contribution in [0.15, 0.2) is 12.3 Å². The summed E-state index contributed by atoms with van der Waals surface area (Å²) < 4.78 is 1.85. The number of fused-ring (bicyclic) bond motifs is 1. The van der Waals surface area contributed by atoms with Crippen LogP contribution in [0.25, 0.3) is 11.0 Å². The molecule has 0 spiro atoms. The molecule has 1 atom stereocenters. The number of nitrogens with one attached hydrogen (secondary N) is 1. The maximum absolute atomic E-state index is 4.53. The summed E-state index contributed by atoms with van der Waals surface area (Å²) in [7, 11) is 1.94. The Morgan fingerprint density at radius 2 is 2.10 bits per heavy atom. The molecule has 21 heavy (non-hydrogen) atoms. The first kappa shape index (κ1) is 14.5. The fourth-order valence-corrected chi connectivity index (χ4v) is 3.16. The largest absolute Gasteiger partial charge is 0.309 e. The fraction of sp³-hybridized carbons (Fsp3) is 0.625. The molecule has 1 N–H and O–H groups in total. The summed E-state index contributed by atoms with van der Waals surface area (Å²) in [5.74, 6) is 0. The highest BCUT2D eigenvalue weighted by Crippen LogP contribution is 2.16. The molecule has 2 aromatic rings. The Kier molecular flexibility index (Phi) is 4.22. The van der Waals surface area contributed by atoms with E-state index >= 15 is 0 Å². The van der Waals surface area contributed by atoms with Gasteiger partial charge in [-0.25, -0.2) is 4.98 Å². The number of aromatic nitrogens is 3. The monoisotopic (exact) mass is 287 g/mol. The number of rotatable bonds is 5. The maximum Gasteiger partial charge on any atom is 0.157 e. The van der Waals surface area contributed by atoms with Gasteiger partial charge in [-0.1, -0.05) is 0 Å². The summed E-state index contributed by atoms with van der Waals surface area (Å²) in [5, 5.41) is 9.19. The van der Waals surface area contributed by atoms with Gasteiger partial charge in [0.25, 0.3) is 0 Å². The summed E-state index contributed by atoms with van der Waals surface area (Å²) >= 11 is 0. The summed E-state index contributed by atoms with van der Waals surface area (Å²) in [5.41, 5.74) is 3.24. The maximum atomic E-state index is 4.53. The van der Waals surface area contributed by atoms with Crippen molar-refractivity contribution >= 4 is 11.0 Å². The first-order valence-electron chi connectivity index (χ1n) is 7.87. The Morgan fingerprint density at radius 3 is 2.86 bits per heavy atom. The molecule has 3 rings (SSSR count). The van der Waals surface area contributed by atoms with Crippen molar-refractivity contribution in [3.05, 3.63) is 23.5 Å². The van der Waals surface area contributed by atoms with Gasteiger partial charge in [-0.05, 0) is 51.4 Å². The van der Waals surface area contributed by atoms with E-state index in [1.54, 1.807) is 0 Å². The highest BCUT2D eigenvalue weighted by atomic mass is 15.3. The van der Waals surface area contributed by atoms with Crippen molar-refractivity contribution < 1.29 is 0 Å². The van der Waals surface area contributed by atoms with E-state index in [0.717, 1.165) is 29.8 Å². The molecular weight excluding hydrogens is 262 g/mol. The van der Waals surface area contributed by atoms with E-state index in [0.29, 0.717) is 6.04 Å². The van der Waals surface area contributed by atoms with Crippen molar-refractivity contribution in [3.8, 4) is 0 Å². The van der Waals surface area contributed by atoms with Gasteiger partial charge in [0, 0.05) is 37.8 Å². The van der Waals surface area contributed by atoms with Crippen LogP contribution in [-0.4, -0.2) is 45.3 Å². The second-order valence-electron chi connectivity index (χ2n) is 6.21. The zero-order valence-electron chi connectivity index (χ0n) is 13.3.